The molecule has 0 radical (unpaired) electrons. The Kier molecular flexibility index (Phi) is 6.71. The smallest absolute Gasteiger partial charge is 0.127 e. The summed E-state index contributed by atoms with van der Waals surface area (Å²) < 4.78 is 11.2. The Morgan fingerprint density at radius 2 is 1.81 bits per heavy atom. The van der Waals surface area contributed by atoms with Gasteiger partial charge in [-0.3, -0.25) is 0 Å². The Morgan fingerprint density at radius 1 is 1.19 bits per heavy atom. The Labute approximate surface area is 132 Å². The minimum absolute atomic E-state index is 0.300. The number of benzene rings is 1. The van der Waals surface area contributed by atoms with Crippen molar-refractivity contribution < 1.29 is 9.47 Å². The van der Waals surface area contributed by atoms with Crippen LogP contribution in [0.5, 0.6) is 11.5 Å². The Hall–Kier alpha value is -0.870. The van der Waals surface area contributed by atoms with Crippen molar-refractivity contribution in [1.29, 1.82) is 0 Å². The van der Waals surface area contributed by atoms with Gasteiger partial charge in [0, 0.05) is 6.04 Å². The zero-order valence-electron chi connectivity index (χ0n) is 13.4. The molecule has 4 heteroatoms. The van der Waals surface area contributed by atoms with Gasteiger partial charge < -0.3 is 14.8 Å². The van der Waals surface area contributed by atoms with Gasteiger partial charge in [-0.25, -0.2) is 0 Å². The summed E-state index contributed by atoms with van der Waals surface area (Å²) in [5.74, 6) is 5.24. The van der Waals surface area contributed by atoms with E-state index in [2.05, 4.69) is 24.0 Å². The van der Waals surface area contributed by atoms with Gasteiger partial charge in [0.15, 0.2) is 0 Å². The summed E-state index contributed by atoms with van der Waals surface area (Å²) in [7, 11) is 3.47. The van der Waals surface area contributed by atoms with Crippen molar-refractivity contribution in [3.05, 3.63) is 23.8 Å². The van der Waals surface area contributed by atoms with E-state index in [1.807, 2.05) is 18.2 Å². The highest BCUT2D eigenvalue weighted by molar-refractivity contribution is 7.99. The van der Waals surface area contributed by atoms with Gasteiger partial charge in [0.2, 0.25) is 0 Å². The third kappa shape index (κ3) is 4.30. The van der Waals surface area contributed by atoms with Crippen molar-refractivity contribution in [1.82, 2.24) is 5.32 Å². The zero-order valence-corrected chi connectivity index (χ0v) is 14.2. The number of methoxy groups -OCH3 is 2. The predicted octanol–water partition coefficient (Wildman–Crippen LogP) is 3.89. The largest absolute Gasteiger partial charge is 0.496 e. The summed E-state index contributed by atoms with van der Waals surface area (Å²) in [6.45, 7) is 3.11. The van der Waals surface area contributed by atoms with E-state index >= 15 is 0 Å². The van der Waals surface area contributed by atoms with E-state index in [9.17, 15) is 0 Å². The molecule has 1 saturated heterocycles. The Bertz CT molecular complexity index is 411. The standard InChI is InChI=1S/C17H27NO2S/c1-4-18-14(12-13-8-10-21-11-9-13)17-15(19-2)6-5-7-16(17)20-3/h5-7,13-14,18H,4,8-12H2,1-3H3. The van der Waals surface area contributed by atoms with Gasteiger partial charge in [0.05, 0.1) is 19.8 Å². The molecule has 1 aromatic rings. The fourth-order valence-corrected chi connectivity index (χ4v) is 4.29. The van der Waals surface area contributed by atoms with Gasteiger partial charge in [-0.05, 0) is 55.4 Å². The van der Waals surface area contributed by atoms with Crippen LogP contribution in [0.25, 0.3) is 0 Å². The lowest BCUT2D eigenvalue weighted by atomic mass is 9.90. The topological polar surface area (TPSA) is 30.5 Å². The molecule has 1 atom stereocenters. The molecule has 0 aliphatic carbocycles. The second kappa shape index (κ2) is 8.54. The molecule has 1 aromatic carbocycles. The van der Waals surface area contributed by atoms with Gasteiger partial charge in [0.25, 0.3) is 0 Å². The molecule has 0 amide bonds. The third-order valence-corrected chi connectivity index (χ3v) is 5.22. The van der Waals surface area contributed by atoms with Gasteiger partial charge >= 0.3 is 0 Å². The number of ether oxygens (including phenoxy) is 2. The molecule has 0 saturated carbocycles. The third-order valence-electron chi connectivity index (χ3n) is 4.17. The van der Waals surface area contributed by atoms with E-state index in [0.29, 0.717) is 6.04 Å². The Balaban J connectivity index is 2.23. The molecule has 1 unspecified atom stereocenters. The second-order valence-electron chi connectivity index (χ2n) is 5.48. The maximum absolute atomic E-state index is 5.58. The van der Waals surface area contributed by atoms with E-state index in [-0.39, 0.29) is 0 Å². The predicted molar refractivity (Wildman–Crippen MR) is 90.6 cm³/mol. The number of hydrogen-bond acceptors (Lipinski definition) is 4. The van der Waals surface area contributed by atoms with Crippen molar-refractivity contribution >= 4 is 11.8 Å². The summed E-state index contributed by atoms with van der Waals surface area (Å²) >= 11 is 2.08. The zero-order chi connectivity index (χ0) is 15.1. The highest BCUT2D eigenvalue weighted by atomic mass is 32.2. The van der Waals surface area contributed by atoms with Crippen LogP contribution in [0.1, 0.15) is 37.8 Å². The van der Waals surface area contributed by atoms with Crippen molar-refractivity contribution in [2.75, 3.05) is 32.3 Å². The SMILES string of the molecule is CCNC(CC1CCSCC1)c1c(OC)cccc1OC. The molecule has 118 valence electrons. The molecule has 1 aliphatic heterocycles. The van der Waals surface area contributed by atoms with Crippen LogP contribution < -0.4 is 14.8 Å². The average Bonchev–Trinajstić information content (AvgIpc) is 2.54. The fourth-order valence-electron chi connectivity index (χ4n) is 3.09. The molecule has 1 heterocycles. The summed E-state index contributed by atoms with van der Waals surface area (Å²) in [4.78, 5) is 0. The van der Waals surface area contributed by atoms with Crippen LogP contribution in [0.2, 0.25) is 0 Å². The quantitative estimate of drug-likeness (QED) is 0.828. The maximum Gasteiger partial charge on any atom is 0.127 e. The van der Waals surface area contributed by atoms with Gasteiger partial charge in [-0.2, -0.15) is 11.8 Å². The molecule has 0 aromatic heterocycles. The molecular weight excluding hydrogens is 282 g/mol. The normalized spacial score (nSPS) is 17.5. The minimum atomic E-state index is 0.300. The van der Waals surface area contributed by atoms with Crippen molar-refractivity contribution in [3.8, 4) is 11.5 Å². The monoisotopic (exact) mass is 309 g/mol. The first-order valence-corrected chi connectivity index (χ1v) is 8.97. The summed E-state index contributed by atoms with van der Waals surface area (Å²) in [6.07, 6.45) is 3.80. The molecule has 1 N–H and O–H groups in total. The lowest BCUT2D eigenvalue weighted by Crippen LogP contribution is -2.26. The molecule has 0 bridgehead atoms. The van der Waals surface area contributed by atoms with Gasteiger partial charge in [0.1, 0.15) is 11.5 Å². The fraction of sp³-hybridized carbons (Fsp3) is 0.647. The number of rotatable bonds is 7. The van der Waals surface area contributed by atoms with Gasteiger partial charge in [-0.1, -0.05) is 13.0 Å². The minimum Gasteiger partial charge on any atom is -0.496 e. The second-order valence-corrected chi connectivity index (χ2v) is 6.70. The summed E-state index contributed by atoms with van der Waals surface area (Å²) in [5.41, 5.74) is 1.17. The van der Waals surface area contributed by atoms with E-state index < -0.39 is 0 Å². The molecule has 0 spiro atoms. The highest BCUT2D eigenvalue weighted by Crippen LogP contribution is 2.39. The molecule has 3 nitrogen and oxygen atoms in total. The number of hydrogen-bond donors (Lipinski definition) is 1. The molecule has 21 heavy (non-hydrogen) atoms. The van der Waals surface area contributed by atoms with Crippen LogP contribution in [-0.4, -0.2) is 32.3 Å². The lowest BCUT2D eigenvalue weighted by molar-refractivity contribution is 0.337. The summed E-state index contributed by atoms with van der Waals surface area (Å²) in [5, 5.41) is 3.63. The maximum atomic E-state index is 5.58. The summed E-state index contributed by atoms with van der Waals surface area (Å²) in [6, 6.07) is 6.34. The first-order chi connectivity index (χ1) is 10.3. The van der Waals surface area contributed by atoms with Crippen molar-refractivity contribution in [2.24, 2.45) is 5.92 Å². The number of nitrogens with one attached hydrogen (secondary N) is 1. The van der Waals surface area contributed by atoms with Crippen LogP contribution in [0, 0.1) is 5.92 Å². The van der Waals surface area contributed by atoms with Crippen LogP contribution in [0.3, 0.4) is 0 Å². The van der Waals surface area contributed by atoms with Crippen molar-refractivity contribution in [2.45, 2.75) is 32.2 Å². The van der Waals surface area contributed by atoms with E-state index in [0.717, 1.165) is 30.4 Å². The van der Waals surface area contributed by atoms with E-state index in [1.165, 1.54) is 29.9 Å². The van der Waals surface area contributed by atoms with Crippen LogP contribution in [0.15, 0.2) is 18.2 Å². The highest BCUT2D eigenvalue weighted by Gasteiger charge is 2.24. The van der Waals surface area contributed by atoms with E-state index in [1.54, 1.807) is 14.2 Å². The van der Waals surface area contributed by atoms with Gasteiger partial charge in [-0.15, -0.1) is 0 Å². The lowest BCUT2D eigenvalue weighted by Gasteiger charge is -2.29. The molecule has 1 fully saturated rings. The molecule has 1 aliphatic rings. The average molecular weight is 309 g/mol. The molecule has 2 rings (SSSR count). The first-order valence-electron chi connectivity index (χ1n) is 7.82. The van der Waals surface area contributed by atoms with E-state index in [4.69, 9.17) is 9.47 Å². The van der Waals surface area contributed by atoms with Crippen LogP contribution in [0.4, 0.5) is 0 Å². The molecular formula is C17H27NO2S. The van der Waals surface area contributed by atoms with Crippen LogP contribution >= 0.6 is 11.8 Å². The Morgan fingerprint density at radius 3 is 2.33 bits per heavy atom. The first kappa shape index (κ1) is 16.5. The van der Waals surface area contributed by atoms with Crippen LogP contribution in [-0.2, 0) is 0 Å². The number of thioether (sulfide) groups is 1. The van der Waals surface area contributed by atoms with Crippen molar-refractivity contribution in [3.63, 3.8) is 0 Å².